The van der Waals surface area contributed by atoms with Crippen molar-refractivity contribution in [2.75, 3.05) is 25.5 Å². The van der Waals surface area contributed by atoms with Gasteiger partial charge < -0.3 is 10.4 Å². The van der Waals surface area contributed by atoms with Gasteiger partial charge in [0.05, 0.1) is 11.3 Å². The summed E-state index contributed by atoms with van der Waals surface area (Å²) in [6, 6.07) is 5.96. The van der Waals surface area contributed by atoms with Crippen molar-refractivity contribution < 1.29 is 5.11 Å². The fourth-order valence-electron chi connectivity index (χ4n) is 1.84. The van der Waals surface area contributed by atoms with E-state index in [9.17, 15) is 5.11 Å². The SMILES string of the molecule is CCNc1cccc(CN(C)CC(C)(C)O)n1. The zero-order valence-corrected chi connectivity index (χ0v) is 11.2. The van der Waals surface area contributed by atoms with Crippen molar-refractivity contribution in [2.24, 2.45) is 0 Å². The number of hydrogen-bond acceptors (Lipinski definition) is 4. The molecule has 96 valence electrons. The number of rotatable bonds is 6. The molecule has 0 aliphatic carbocycles. The minimum atomic E-state index is -0.673. The lowest BCUT2D eigenvalue weighted by atomic mass is 10.1. The number of nitrogens with one attached hydrogen (secondary N) is 1. The summed E-state index contributed by atoms with van der Waals surface area (Å²) in [6.07, 6.45) is 0. The maximum absolute atomic E-state index is 9.73. The third-order valence-electron chi connectivity index (χ3n) is 2.25. The number of nitrogens with zero attached hydrogens (tertiary/aromatic N) is 2. The Hall–Kier alpha value is -1.13. The molecule has 0 bridgehead atoms. The second kappa shape index (κ2) is 5.98. The summed E-state index contributed by atoms with van der Waals surface area (Å²) in [5.74, 6) is 0.904. The third-order valence-corrected chi connectivity index (χ3v) is 2.25. The first kappa shape index (κ1) is 13.9. The van der Waals surface area contributed by atoms with Gasteiger partial charge in [-0.25, -0.2) is 4.98 Å². The molecule has 0 fully saturated rings. The average molecular weight is 237 g/mol. The molecule has 1 aromatic heterocycles. The molecule has 1 rings (SSSR count). The maximum Gasteiger partial charge on any atom is 0.126 e. The highest BCUT2D eigenvalue weighted by atomic mass is 16.3. The average Bonchev–Trinajstić information content (AvgIpc) is 2.15. The number of anilines is 1. The summed E-state index contributed by atoms with van der Waals surface area (Å²) in [7, 11) is 1.99. The Balaban J connectivity index is 2.58. The van der Waals surface area contributed by atoms with E-state index in [1.165, 1.54) is 0 Å². The molecule has 4 heteroatoms. The van der Waals surface area contributed by atoms with Crippen molar-refractivity contribution >= 4 is 5.82 Å². The molecule has 1 aromatic rings. The van der Waals surface area contributed by atoms with Crippen LogP contribution in [0.15, 0.2) is 18.2 Å². The van der Waals surface area contributed by atoms with Crippen LogP contribution in [0.4, 0.5) is 5.82 Å². The lowest BCUT2D eigenvalue weighted by Crippen LogP contribution is -2.36. The highest BCUT2D eigenvalue weighted by molar-refractivity contribution is 5.34. The number of aromatic nitrogens is 1. The minimum Gasteiger partial charge on any atom is -0.389 e. The molecular weight excluding hydrogens is 214 g/mol. The van der Waals surface area contributed by atoms with E-state index in [-0.39, 0.29) is 0 Å². The summed E-state index contributed by atoms with van der Waals surface area (Å²) < 4.78 is 0. The van der Waals surface area contributed by atoms with Gasteiger partial charge in [-0.3, -0.25) is 4.90 Å². The predicted molar refractivity (Wildman–Crippen MR) is 71.0 cm³/mol. The van der Waals surface area contributed by atoms with Crippen molar-refractivity contribution in [3.63, 3.8) is 0 Å². The Morgan fingerprint density at radius 2 is 2.12 bits per heavy atom. The van der Waals surface area contributed by atoms with Crippen molar-refractivity contribution in [2.45, 2.75) is 32.9 Å². The molecule has 1 heterocycles. The van der Waals surface area contributed by atoms with Crippen LogP contribution in [-0.2, 0) is 6.54 Å². The molecule has 0 aromatic carbocycles. The van der Waals surface area contributed by atoms with E-state index in [2.05, 4.69) is 22.1 Å². The van der Waals surface area contributed by atoms with Gasteiger partial charge in [0.1, 0.15) is 5.82 Å². The van der Waals surface area contributed by atoms with E-state index >= 15 is 0 Å². The first-order valence-electron chi connectivity index (χ1n) is 6.01. The first-order valence-corrected chi connectivity index (χ1v) is 6.01. The zero-order valence-electron chi connectivity index (χ0n) is 11.2. The number of likely N-dealkylation sites (N-methyl/N-ethyl adjacent to an activating group) is 1. The molecule has 2 N–H and O–H groups in total. The quantitative estimate of drug-likeness (QED) is 0.791. The van der Waals surface area contributed by atoms with Crippen LogP contribution in [0.5, 0.6) is 0 Å². The minimum absolute atomic E-state index is 0.625. The predicted octanol–water partition coefficient (Wildman–Crippen LogP) is 1.72. The smallest absolute Gasteiger partial charge is 0.126 e. The van der Waals surface area contributed by atoms with Crippen molar-refractivity contribution in [3.8, 4) is 0 Å². The number of aliphatic hydroxyl groups is 1. The Bertz CT molecular complexity index is 347. The molecule has 0 unspecified atom stereocenters. The van der Waals surface area contributed by atoms with E-state index in [1.54, 1.807) is 0 Å². The van der Waals surface area contributed by atoms with Gasteiger partial charge in [-0.05, 0) is 40.0 Å². The van der Waals surface area contributed by atoms with Crippen LogP contribution in [0.2, 0.25) is 0 Å². The van der Waals surface area contributed by atoms with E-state index in [0.717, 1.165) is 24.6 Å². The van der Waals surface area contributed by atoms with Crippen LogP contribution in [-0.4, -0.2) is 40.7 Å². The number of hydrogen-bond donors (Lipinski definition) is 2. The Morgan fingerprint density at radius 3 is 2.71 bits per heavy atom. The van der Waals surface area contributed by atoms with Gasteiger partial charge in [-0.2, -0.15) is 0 Å². The highest BCUT2D eigenvalue weighted by Gasteiger charge is 2.15. The van der Waals surface area contributed by atoms with E-state index in [4.69, 9.17) is 0 Å². The Labute approximate surface area is 104 Å². The largest absolute Gasteiger partial charge is 0.389 e. The molecule has 0 aliphatic heterocycles. The Morgan fingerprint density at radius 1 is 1.41 bits per heavy atom. The fraction of sp³-hybridized carbons (Fsp3) is 0.615. The van der Waals surface area contributed by atoms with Crippen LogP contribution in [0.25, 0.3) is 0 Å². The molecule has 0 spiro atoms. The third kappa shape index (κ3) is 5.65. The standard InChI is InChI=1S/C13H23N3O/c1-5-14-12-8-6-7-11(15-12)9-16(4)10-13(2,3)17/h6-8,17H,5,9-10H2,1-4H3,(H,14,15). The molecule has 0 amide bonds. The van der Waals surface area contributed by atoms with Crippen LogP contribution < -0.4 is 5.32 Å². The van der Waals surface area contributed by atoms with Crippen LogP contribution >= 0.6 is 0 Å². The summed E-state index contributed by atoms with van der Waals surface area (Å²) >= 11 is 0. The lowest BCUT2D eigenvalue weighted by molar-refractivity contribution is 0.0422. The van der Waals surface area contributed by atoms with Crippen LogP contribution in [0.1, 0.15) is 26.5 Å². The van der Waals surface area contributed by atoms with Crippen LogP contribution in [0, 0.1) is 0 Å². The molecule has 0 saturated carbocycles. The van der Waals surface area contributed by atoms with E-state index in [1.807, 2.05) is 39.1 Å². The maximum atomic E-state index is 9.73. The zero-order chi connectivity index (χ0) is 12.9. The van der Waals surface area contributed by atoms with Gasteiger partial charge in [-0.1, -0.05) is 6.07 Å². The first-order chi connectivity index (χ1) is 7.90. The fourth-order valence-corrected chi connectivity index (χ4v) is 1.84. The molecule has 4 nitrogen and oxygen atoms in total. The summed E-state index contributed by atoms with van der Waals surface area (Å²) in [5, 5.41) is 12.9. The van der Waals surface area contributed by atoms with Gasteiger partial charge in [0, 0.05) is 19.6 Å². The summed E-state index contributed by atoms with van der Waals surface area (Å²) in [4.78, 5) is 6.57. The van der Waals surface area contributed by atoms with Crippen molar-refractivity contribution in [1.29, 1.82) is 0 Å². The van der Waals surface area contributed by atoms with Crippen molar-refractivity contribution in [1.82, 2.24) is 9.88 Å². The van der Waals surface area contributed by atoms with Gasteiger partial charge in [-0.15, -0.1) is 0 Å². The second-order valence-electron chi connectivity index (χ2n) is 5.03. The van der Waals surface area contributed by atoms with Crippen LogP contribution in [0.3, 0.4) is 0 Å². The van der Waals surface area contributed by atoms with Crippen molar-refractivity contribution in [3.05, 3.63) is 23.9 Å². The van der Waals surface area contributed by atoms with Gasteiger partial charge >= 0.3 is 0 Å². The van der Waals surface area contributed by atoms with E-state index in [0.29, 0.717) is 6.54 Å². The monoisotopic (exact) mass is 237 g/mol. The van der Waals surface area contributed by atoms with Gasteiger partial charge in [0.25, 0.3) is 0 Å². The molecule has 0 radical (unpaired) electrons. The summed E-state index contributed by atoms with van der Waals surface area (Å²) in [5.41, 5.74) is 0.337. The normalized spacial score (nSPS) is 11.9. The topological polar surface area (TPSA) is 48.4 Å². The molecular formula is C13H23N3O. The molecule has 0 saturated heterocycles. The Kier molecular flexibility index (Phi) is 4.90. The molecule has 0 aliphatic rings. The molecule has 0 atom stereocenters. The second-order valence-corrected chi connectivity index (χ2v) is 5.03. The summed E-state index contributed by atoms with van der Waals surface area (Å²) in [6.45, 7) is 7.91. The van der Waals surface area contributed by atoms with Gasteiger partial charge in [0.15, 0.2) is 0 Å². The van der Waals surface area contributed by atoms with Gasteiger partial charge in [0.2, 0.25) is 0 Å². The highest BCUT2D eigenvalue weighted by Crippen LogP contribution is 2.09. The molecule has 17 heavy (non-hydrogen) atoms. The van der Waals surface area contributed by atoms with E-state index < -0.39 is 5.60 Å². The lowest BCUT2D eigenvalue weighted by Gasteiger charge is -2.25. The number of pyridine rings is 1.